The van der Waals surface area contributed by atoms with Gasteiger partial charge in [0.2, 0.25) is 5.91 Å². The molecule has 1 heterocycles. The highest BCUT2D eigenvalue weighted by Gasteiger charge is 2.30. The van der Waals surface area contributed by atoms with Crippen molar-refractivity contribution in [2.75, 3.05) is 25.4 Å². The number of hydrogen-bond acceptors (Lipinski definition) is 4. The molecule has 1 aliphatic carbocycles. The molecular formula is C10H18N2O3S. The third kappa shape index (κ3) is 2.55. The quantitative estimate of drug-likeness (QED) is 0.690. The lowest BCUT2D eigenvalue weighted by Crippen LogP contribution is -2.50. The SMILES string of the molecule is O=C(NCC1CNCCS1(=O)=O)C1CCC1. The van der Waals surface area contributed by atoms with Crippen molar-refractivity contribution in [3.8, 4) is 0 Å². The van der Waals surface area contributed by atoms with Gasteiger partial charge < -0.3 is 10.6 Å². The molecule has 1 amide bonds. The molecule has 0 spiro atoms. The molecule has 1 aliphatic heterocycles. The second kappa shape index (κ2) is 4.71. The molecule has 0 aromatic heterocycles. The van der Waals surface area contributed by atoms with Gasteiger partial charge in [-0.15, -0.1) is 0 Å². The molecule has 6 heteroatoms. The normalized spacial score (nSPS) is 29.4. The monoisotopic (exact) mass is 246 g/mol. The van der Waals surface area contributed by atoms with E-state index in [4.69, 9.17) is 0 Å². The Hall–Kier alpha value is -0.620. The van der Waals surface area contributed by atoms with E-state index >= 15 is 0 Å². The summed E-state index contributed by atoms with van der Waals surface area (Å²) in [6.07, 6.45) is 3.00. The van der Waals surface area contributed by atoms with Crippen molar-refractivity contribution in [2.45, 2.75) is 24.5 Å². The fraction of sp³-hybridized carbons (Fsp3) is 0.900. The Balaban J connectivity index is 1.82. The number of carbonyl (C=O) groups excluding carboxylic acids is 1. The molecule has 0 bridgehead atoms. The lowest BCUT2D eigenvalue weighted by atomic mass is 9.85. The van der Waals surface area contributed by atoms with Crippen LogP contribution in [-0.4, -0.2) is 45.0 Å². The van der Waals surface area contributed by atoms with Crippen LogP contribution < -0.4 is 10.6 Å². The van der Waals surface area contributed by atoms with E-state index in [0.717, 1.165) is 19.3 Å². The summed E-state index contributed by atoms with van der Waals surface area (Å²) in [6, 6.07) is 0. The lowest BCUT2D eigenvalue weighted by Gasteiger charge is -2.27. The topological polar surface area (TPSA) is 75.3 Å². The van der Waals surface area contributed by atoms with E-state index in [0.29, 0.717) is 13.1 Å². The first-order valence-electron chi connectivity index (χ1n) is 5.79. The van der Waals surface area contributed by atoms with Crippen LogP contribution in [0, 0.1) is 5.92 Å². The van der Waals surface area contributed by atoms with Gasteiger partial charge in [-0.2, -0.15) is 0 Å². The van der Waals surface area contributed by atoms with Crippen molar-refractivity contribution in [2.24, 2.45) is 5.92 Å². The summed E-state index contributed by atoms with van der Waals surface area (Å²) in [4.78, 5) is 11.6. The van der Waals surface area contributed by atoms with Crippen molar-refractivity contribution >= 4 is 15.7 Å². The summed E-state index contributed by atoms with van der Waals surface area (Å²) in [7, 11) is -3.01. The molecule has 5 nitrogen and oxygen atoms in total. The minimum absolute atomic E-state index is 0.0204. The van der Waals surface area contributed by atoms with E-state index in [1.807, 2.05) is 0 Å². The third-order valence-electron chi connectivity index (χ3n) is 3.42. The van der Waals surface area contributed by atoms with E-state index in [1.54, 1.807) is 0 Å². The second-order valence-electron chi connectivity index (χ2n) is 4.57. The summed E-state index contributed by atoms with van der Waals surface area (Å²) in [5, 5.41) is 5.34. The summed E-state index contributed by atoms with van der Waals surface area (Å²) >= 11 is 0. The standard InChI is InChI=1S/C10H18N2O3S/c13-10(8-2-1-3-8)12-7-9-6-11-4-5-16(9,14)15/h8-9,11H,1-7H2,(H,12,13). The highest BCUT2D eigenvalue weighted by molar-refractivity contribution is 7.92. The van der Waals surface area contributed by atoms with E-state index in [-0.39, 0.29) is 24.1 Å². The van der Waals surface area contributed by atoms with Gasteiger partial charge in [-0.05, 0) is 12.8 Å². The number of sulfone groups is 1. The van der Waals surface area contributed by atoms with E-state index in [9.17, 15) is 13.2 Å². The van der Waals surface area contributed by atoms with Crippen LogP contribution in [0.2, 0.25) is 0 Å². The molecule has 1 saturated heterocycles. The van der Waals surface area contributed by atoms with Crippen LogP contribution in [-0.2, 0) is 14.6 Å². The zero-order valence-corrected chi connectivity index (χ0v) is 10.1. The van der Waals surface area contributed by atoms with Crippen LogP contribution in [0.4, 0.5) is 0 Å². The smallest absolute Gasteiger partial charge is 0.223 e. The molecule has 1 atom stereocenters. The molecule has 2 rings (SSSR count). The molecule has 92 valence electrons. The average molecular weight is 246 g/mol. The first kappa shape index (κ1) is 11.9. The van der Waals surface area contributed by atoms with Crippen molar-refractivity contribution in [3.63, 3.8) is 0 Å². The molecule has 2 N–H and O–H groups in total. The highest BCUT2D eigenvalue weighted by Crippen LogP contribution is 2.26. The molecular weight excluding hydrogens is 228 g/mol. The molecule has 1 saturated carbocycles. The van der Waals surface area contributed by atoms with Crippen LogP contribution >= 0.6 is 0 Å². The van der Waals surface area contributed by atoms with Crippen LogP contribution in [0.5, 0.6) is 0 Å². The fourth-order valence-corrected chi connectivity index (χ4v) is 3.47. The van der Waals surface area contributed by atoms with Gasteiger partial charge in [0.15, 0.2) is 9.84 Å². The predicted molar refractivity (Wildman–Crippen MR) is 60.8 cm³/mol. The van der Waals surface area contributed by atoms with Gasteiger partial charge in [0.05, 0.1) is 11.0 Å². The van der Waals surface area contributed by atoms with Gasteiger partial charge >= 0.3 is 0 Å². The lowest BCUT2D eigenvalue weighted by molar-refractivity contribution is -0.127. The van der Waals surface area contributed by atoms with Gasteiger partial charge in [0.25, 0.3) is 0 Å². The Morgan fingerprint density at radius 2 is 2.12 bits per heavy atom. The van der Waals surface area contributed by atoms with Gasteiger partial charge in [-0.3, -0.25) is 4.79 Å². The maximum Gasteiger partial charge on any atom is 0.223 e. The zero-order valence-electron chi connectivity index (χ0n) is 9.24. The molecule has 16 heavy (non-hydrogen) atoms. The van der Waals surface area contributed by atoms with Gasteiger partial charge in [0.1, 0.15) is 0 Å². The van der Waals surface area contributed by atoms with Crippen LogP contribution in [0.25, 0.3) is 0 Å². The Morgan fingerprint density at radius 1 is 1.38 bits per heavy atom. The zero-order chi connectivity index (χ0) is 11.6. The predicted octanol–water partition coefficient (Wildman–Crippen LogP) is -0.711. The van der Waals surface area contributed by atoms with E-state index in [1.165, 1.54) is 0 Å². The number of nitrogens with one attached hydrogen (secondary N) is 2. The van der Waals surface area contributed by atoms with Crippen molar-refractivity contribution in [3.05, 3.63) is 0 Å². The Bertz CT molecular complexity index is 362. The second-order valence-corrected chi connectivity index (χ2v) is 6.97. The maximum atomic E-state index is 11.7. The first-order valence-corrected chi connectivity index (χ1v) is 7.51. The molecule has 0 radical (unpaired) electrons. The summed E-state index contributed by atoms with van der Waals surface area (Å²) in [6.45, 7) is 1.23. The van der Waals surface area contributed by atoms with Gasteiger partial charge in [-0.1, -0.05) is 6.42 Å². The van der Waals surface area contributed by atoms with Crippen LogP contribution in [0.15, 0.2) is 0 Å². The summed E-state index contributed by atoms with van der Waals surface area (Å²) in [5.74, 6) is 0.322. The number of amides is 1. The highest BCUT2D eigenvalue weighted by atomic mass is 32.2. The largest absolute Gasteiger partial charge is 0.355 e. The fourth-order valence-electron chi connectivity index (χ4n) is 2.00. The number of rotatable bonds is 3. The Labute approximate surface area is 95.9 Å². The van der Waals surface area contributed by atoms with Gasteiger partial charge in [0, 0.05) is 25.6 Å². The summed E-state index contributed by atoms with van der Waals surface area (Å²) in [5.41, 5.74) is 0. The average Bonchev–Trinajstić information content (AvgIpc) is 2.12. The minimum Gasteiger partial charge on any atom is -0.355 e. The van der Waals surface area contributed by atoms with Crippen molar-refractivity contribution in [1.29, 1.82) is 0 Å². The first-order chi connectivity index (χ1) is 7.59. The number of hydrogen-bond donors (Lipinski definition) is 2. The molecule has 0 aromatic rings. The molecule has 0 aromatic carbocycles. The van der Waals surface area contributed by atoms with E-state index < -0.39 is 15.1 Å². The molecule has 1 unspecified atom stereocenters. The minimum atomic E-state index is -3.01. The van der Waals surface area contributed by atoms with Crippen LogP contribution in [0.1, 0.15) is 19.3 Å². The van der Waals surface area contributed by atoms with Crippen molar-refractivity contribution < 1.29 is 13.2 Å². The summed E-state index contributed by atoms with van der Waals surface area (Å²) < 4.78 is 23.3. The Morgan fingerprint density at radius 3 is 2.69 bits per heavy atom. The van der Waals surface area contributed by atoms with E-state index in [2.05, 4.69) is 10.6 Å². The van der Waals surface area contributed by atoms with Crippen molar-refractivity contribution in [1.82, 2.24) is 10.6 Å². The molecule has 2 fully saturated rings. The van der Waals surface area contributed by atoms with Crippen LogP contribution in [0.3, 0.4) is 0 Å². The molecule has 2 aliphatic rings. The maximum absolute atomic E-state index is 11.7. The van der Waals surface area contributed by atoms with Gasteiger partial charge in [-0.25, -0.2) is 8.42 Å². The Kier molecular flexibility index (Phi) is 3.49. The number of carbonyl (C=O) groups is 1. The third-order valence-corrected chi connectivity index (χ3v) is 5.55.